The van der Waals surface area contributed by atoms with E-state index in [1.54, 1.807) is 45.0 Å². The van der Waals surface area contributed by atoms with E-state index in [0.29, 0.717) is 12.0 Å². The molecule has 0 saturated carbocycles. The summed E-state index contributed by atoms with van der Waals surface area (Å²) < 4.78 is 5.32. The van der Waals surface area contributed by atoms with Crippen LogP contribution >= 0.6 is 0 Å². The van der Waals surface area contributed by atoms with Gasteiger partial charge in [0.1, 0.15) is 5.60 Å². The number of nitriles is 1. The van der Waals surface area contributed by atoms with Crippen molar-refractivity contribution in [2.24, 2.45) is 5.92 Å². The van der Waals surface area contributed by atoms with Crippen LogP contribution in [0.4, 0.5) is 4.79 Å². The number of carbonyl (C=O) groups excluding carboxylic acids is 1. The van der Waals surface area contributed by atoms with E-state index in [2.05, 4.69) is 5.32 Å². The Morgan fingerprint density at radius 1 is 1.03 bits per heavy atom. The lowest BCUT2D eigenvalue weighted by molar-refractivity contribution is -0.143. The van der Waals surface area contributed by atoms with Crippen LogP contribution in [0.3, 0.4) is 0 Å². The molecule has 0 heterocycles. The number of aliphatic hydroxyl groups is 1. The molecule has 7 heteroatoms. The number of carboxylic acid groups (broad SMARTS) is 1. The molecule has 2 aromatic rings. The maximum atomic E-state index is 12.3. The van der Waals surface area contributed by atoms with Gasteiger partial charge in [0, 0.05) is 0 Å². The highest BCUT2D eigenvalue weighted by Gasteiger charge is 2.29. The van der Waals surface area contributed by atoms with Crippen molar-refractivity contribution < 1.29 is 24.5 Å². The van der Waals surface area contributed by atoms with E-state index in [1.165, 1.54) is 0 Å². The molecule has 0 bridgehead atoms. The Morgan fingerprint density at radius 3 is 2.16 bits per heavy atom. The number of ether oxygens (including phenoxy) is 1. The number of alkyl carbamates (subject to hydrolysis) is 1. The Bertz CT molecular complexity index is 930. The molecule has 0 aliphatic carbocycles. The van der Waals surface area contributed by atoms with Crippen molar-refractivity contribution in [3.63, 3.8) is 0 Å². The predicted octanol–water partition coefficient (Wildman–Crippen LogP) is 3.69. The summed E-state index contributed by atoms with van der Waals surface area (Å²) in [6.07, 6.45) is -1.31. The molecule has 3 N–H and O–H groups in total. The fourth-order valence-corrected chi connectivity index (χ4v) is 3.34. The number of amides is 1. The number of carbonyl (C=O) groups is 2. The van der Waals surface area contributed by atoms with Crippen LogP contribution in [-0.4, -0.2) is 40.0 Å². The Balaban J connectivity index is 2.15. The minimum absolute atomic E-state index is 0.0529. The SMILES string of the molecule is CC(C)(C)OC(=O)N[C@@H](Cc1ccccc1)[C@@H](O)C[C@@H](Cc1ccc(C#N)cc1)C(=O)O. The van der Waals surface area contributed by atoms with Crippen LogP contribution in [0, 0.1) is 17.2 Å². The second-order valence-corrected chi connectivity index (χ2v) is 8.79. The molecule has 0 spiro atoms. The molecule has 0 aliphatic rings. The van der Waals surface area contributed by atoms with Gasteiger partial charge in [0.25, 0.3) is 0 Å². The molecule has 0 aromatic heterocycles. The highest BCUT2D eigenvalue weighted by Crippen LogP contribution is 2.19. The number of benzene rings is 2. The van der Waals surface area contributed by atoms with Crippen LogP contribution in [0.2, 0.25) is 0 Å². The van der Waals surface area contributed by atoms with Gasteiger partial charge in [-0.15, -0.1) is 0 Å². The first kappa shape index (κ1) is 24.9. The zero-order valence-electron chi connectivity index (χ0n) is 18.6. The second kappa shape index (κ2) is 11.3. The first-order chi connectivity index (χ1) is 15.1. The molecule has 3 atom stereocenters. The number of rotatable bonds is 9. The highest BCUT2D eigenvalue weighted by molar-refractivity contribution is 5.70. The molecular weight excluding hydrogens is 408 g/mol. The Hall–Kier alpha value is -3.37. The van der Waals surface area contributed by atoms with Crippen molar-refractivity contribution in [1.82, 2.24) is 5.32 Å². The highest BCUT2D eigenvalue weighted by atomic mass is 16.6. The predicted molar refractivity (Wildman–Crippen MR) is 120 cm³/mol. The number of aliphatic carboxylic acids is 1. The molecular formula is C25H30N2O5. The van der Waals surface area contributed by atoms with Gasteiger partial charge < -0.3 is 20.3 Å². The monoisotopic (exact) mass is 438 g/mol. The van der Waals surface area contributed by atoms with E-state index in [1.807, 2.05) is 36.4 Å². The zero-order chi connectivity index (χ0) is 23.7. The molecule has 32 heavy (non-hydrogen) atoms. The van der Waals surface area contributed by atoms with Crippen molar-refractivity contribution in [2.75, 3.05) is 0 Å². The van der Waals surface area contributed by atoms with Gasteiger partial charge in [-0.2, -0.15) is 5.26 Å². The summed E-state index contributed by atoms with van der Waals surface area (Å²) in [6, 6.07) is 17.3. The largest absolute Gasteiger partial charge is 0.481 e. The van der Waals surface area contributed by atoms with Gasteiger partial charge in [-0.25, -0.2) is 4.79 Å². The molecule has 0 saturated heterocycles. The second-order valence-electron chi connectivity index (χ2n) is 8.79. The van der Waals surface area contributed by atoms with Gasteiger partial charge >= 0.3 is 12.1 Å². The Morgan fingerprint density at radius 2 is 1.62 bits per heavy atom. The van der Waals surface area contributed by atoms with Crippen LogP contribution in [0.1, 0.15) is 43.9 Å². The van der Waals surface area contributed by atoms with Gasteiger partial charge in [0.15, 0.2) is 0 Å². The van der Waals surface area contributed by atoms with Crippen LogP contribution in [0.5, 0.6) is 0 Å². The summed E-state index contributed by atoms with van der Waals surface area (Å²) in [6.45, 7) is 5.23. The van der Waals surface area contributed by atoms with Gasteiger partial charge in [-0.3, -0.25) is 4.79 Å². The van der Waals surface area contributed by atoms with Crippen molar-refractivity contribution in [1.29, 1.82) is 5.26 Å². The average molecular weight is 439 g/mol. The molecule has 2 rings (SSSR count). The van der Waals surface area contributed by atoms with E-state index in [-0.39, 0.29) is 12.8 Å². The van der Waals surface area contributed by atoms with E-state index in [0.717, 1.165) is 11.1 Å². The van der Waals surface area contributed by atoms with Crippen LogP contribution < -0.4 is 5.32 Å². The van der Waals surface area contributed by atoms with E-state index in [9.17, 15) is 19.8 Å². The molecule has 0 fully saturated rings. The molecule has 7 nitrogen and oxygen atoms in total. The molecule has 2 aromatic carbocycles. The van der Waals surface area contributed by atoms with Crippen LogP contribution in [0.15, 0.2) is 54.6 Å². The van der Waals surface area contributed by atoms with Gasteiger partial charge in [0.2, 0.25) is 0 Å². The third kappa shape index (κ3) is 8.40. The summed E-state index contributed by atoms with van der Waals surface area (Å²) in [5.74, 6) is -1.90. The normalized spacial score (nSPS) is 14.0. The summed E-state index contributed by atoms with van der Waals surface area (Å²) in [4.78, 5) is 24.2. The lowest BCUT2D eigenvalue weighted by Crippen LogP contribution is -2.47. The summed E-state index contributed by atoms with van der Waals surface area (Å²) >= 11 is 0. The summed E-state index contributed by atoms with van der Waals surface area (Å²) in [5.41, 5.74) is 1.44. The van der Waals surface area contributed by atoms with E-state index < -0.39 is 35.7 Å². The maximum absolute atomic E-state index is 12.3. The number of hydrogen-bond acceptors (Lipinski definition) is 5. The van der Waals surface area contributed by atoms with Gasteiger partial charge in [-0.05, 0) is 63.3 Å². The van der Waals surface area contributed by atoms with Crippen LogP contribution in [0.25, 0.3) is 0 Å². The van der Waals surface area contributed by atoms with E-state index >= 15 is 0 Å². The first-order valence-corrected chi connectivity index (χ1v) is 10.5. The molecule has 1 amide bonds. The number of aliphatic hydroxyl groups excluding tert-OH is 1. The third-order valence-corrected chi connectivity index (χ3v) is 4.91. The van der Waals surface area contributed by atoms with Gasteiger partial charge in [-0.1, -0.05) is 42.5 Å². The smallest absolute Gasteiger partial charge is 0.407 e. The number of carboxylic acids is 1. The summed E-state index contributed by atoms with van der Waals surface area (Å²) in [7, 11) is 0. The number of nitrogens with zero attached hydrogens (tertiary/aromatic N) is 1. The lowest BCUT2D eigenvalue weighted by atomic mass is 9.89. The molecule has 0 unspecified atom stereocenters. The lowest BCUT2D eigenvalue weighted by Gasteiger charge is -2.28. The Labute approximate surface area is 188 Å². The minimum Gasteiger partial charge on any atom is -0.481 e. The Kier molecular flexibility index (Phi) is 8.80. The van der Waals surface area contributed by atoms with Crippen LogP contribution in [-0.2, 0) is 22.4 Å². The zero-order valence-corrected chi connectivity index (χ0v) is 18.6. The first-order valence-electron chi connectivity index (χ1n) is 10.5. The van der Waals surface area contributed by atoms with Crippen molar-refractivity contribution in [3.05, 3.63) is 71.3 Å². The third-order valence-electron chi connectivity index (χ3n) is 4.91. The quantitative estimate of drug-likeness (QED) is 0.549. The fraction of sp³-hybridized carbons (Fsp3) is 0.400. The maximum Gasteiger partial charge on any atom is 0.407 e. The number of nitrogens with one attached hydrogen (secondary N) is 1. The standard InChI is InChI=1S/C25H30N2O5/c1-25(2,3)32-24(31)27-21(14-17-7-5-4-6-8-17)22(28)15-20(23(29)30)13-18-9-11-19(16-26)12-10-18/h4-12,20-22,28H,13-15H2,1-3H3,(H,27,31)(H,29,30)/t20-,21+,22+/m1/s1. The number of hydrogen-bond donors (Lipinski definition) is 3. The van der Waals surface area contributed by atoms with E-state index in [4.69, 9.17) is 10.00 Å². The van der Waals surface area contributed by atoms with Crippen molar-refractivity contribution >= 4 is 12.1 Å². The minimum atomic E-state index is -1.11. The molecule has 170 valence electrons. The van der Waals surface area contributed by atoms with Gasteiger partial charge in [0.05, 0.1) is 29.7 Å². The fourth-order valence-electron chi connectivity index (χ4n) is 3.34. The molecule has 0 radical (unpaired) electrons. The average Bonchev–Trinajstić information content (AvgIpc) is 2.72. The summed E-state index contributed by atoms with van der Waals surface area (Å²) in [5, 5.41) is 32.3. The van der Waals surface area contributed by atoms with Crippen molar-refractivity contribution in [2.45, 2.75) is 57.8 Å². The topological polar surface area (TPSA) is 120 Å². The molecule has 0 aliphatic heterocycles. The van der Waals surface area contributed by atoms with Crippen molar-refractivity contribution in [3.8, 4) is 6.07 Å².